The number of carboxylic acid groups (broad SMARTS) is 1. The van der Waals surface area contributed by atoms with Crippen LogP contribution >= 0.6 is 11.6 Å². The lowest BCUT2D eigenvalue weighted by Gasteiger charge is -2.28. The van der Waals surface area contributed by atoms with Crippen molar-refractivity contribution >= 4 is 23.6 Å². The molecule has 0 aromatic heterocycles. The van der Waals surface area contributed by atoms with Crippen LogP contribution in [-0.4, -0.2) is 23.4 Å². The summed E-state index contributed by atoms with van der Waals surface area (Å²) >= 11 is 5.89. The van der Waals surface area contributed by atoms with Crippen LogP contribution < -0.4 is 4.74 Å². The summed E-state index contributed by atoms with van der Waals surface area (Å²) in [7, 11) is 0. The minimum Gasteiger partial charge on any atom is -0.478 e. The molecular formula is C13H10ClF3O3. The van der Waals surface area contributed by atoms with Gasteiger partial charge in [-0.1, -0.05) is 11.6 Å². The van der Waals surface area contributed by atoms with Crippen LogP contribution in [0.25, 0.3) is 6.08 Å². The predicted octanol–water partition coefficient (Wildman–Crippen LogP) is 3.75. The Morgan fingerprint density at radius 3 is 2.50 bits per heavy atom. The average molecular weight is 307 g/mol. The van der Waals surface area contributed by atoms with Crippen LogP contribution in [0.2, 0.25) is 5.02 Å². The Bertz CT molecular complexity index is 620. The summed E-state index contributed by atoms with van der Waals surface area (Å²) in [4.78, 5) is 11.0. The van der Waals surface area contributed by atoms with Crippen molar-refractivity contribution in [2.75, 3.05) is 0 Å². The third kappa shape index (κ3) is 2.35. The second kappa shape index (κ2) is 4.70. The van der Waals surface area contributed by atoms with Crippen LogP contribution in [0.15, 0.2) is 11.6 Å². The van der Waals surface area contributed by atoms with E-state index in [4.69, 9.17) is 21.4 Å². The number of halogens is 4. The highest BCUT2D eigenvalue weighted by Crippen LogP contribution is 2.43. The van der Waals surface area contributed by atoms with Gasteiger partial charge in [0.1, 0.15) is 5.75 Å². The van der Waals surface area contributed by atoms with Crippen molar-refractivity contribution in [3.05, 3.63) is 33.4 Å². The van der Waals surface area contributed by atoms with E-state index in [1.54, 1.807) is 13.8 Å². The van der Waals surface area contributed by atoms with E-state index in [0.29, 0.717) is 5.56 Å². The van der Waals surface area contributed by atoms with E-state index < -0.39 is 23.8 Å². The molecule has 0 saturated heterocycles. The summed E-state index contributed by atoms with van der Waals surface area (Å²) < 4.78 is 43.5. The smallest absolute Gasteiger partial charge is 0.430 e. The first-order valence-electron chi connectivity index (χ1n) is 5.61. The highest BCUT2D eigenvalue weighted by atomic mass is 35.5. The summed E-state index contributed by atoms with van der Waals surface area (Å²) in [5, 5.41) is 8.97. The Morgan fingerprint density at radius 2 is 2.00 bits per heavy atom. The van der Waals surface area contributed by atoms with Gasteiger partial charge in [-0.15, -0.1) is 0 Å². The molecule has 0 fully saturated rings. The van der Waals surface area contributed by atoms with Crippen LogP contribution in [0.4, 0.5) is 13.2 Å². The maximum atomic E-state index is 12.9. The molecule has 3 nitrogen and oxygen atoms in total. The molecule has 0 radical (unpaired) electrons. The number of fused-ring (bicyclic) bond motifs is 1. The van der Waals surface area contributed by atoms with Crippen molar-refractivity contribution < 1.29 is 27.8 Å². The van der Waals surface area contributed by atoms with Gasteiger partial charge in [-0.05, 0) is 37.1 Å². The molecule has 0 bridgehead atoms. The first-order valence-corrected chi connectivity index (χ1v) is 5.98. The number of alkyl halides is 3. The molecule has 0 amide bonds. The van der Waals surface area contributed by atoms with Crippen LogP contribution in [0.5, 0.6) is 5.75 Å². The van der Waals surface area contributed by atoms with Crippen molar-refractivity contribution in [3.63, 3.8) is 0 Å². The van der Waals surface area contributed by atoms with Gasteiger partial charge in [-0.25, -0.2) is 4.79 Å². The molecule has 2 rings (SSSR count). The van der Waals surface area contributed by atoms with E-state index in [9.17, 15) is 18.0 Å². The van der Waals surface area contributed by atoms with Crippen LogP contribution in [0.1, 0.15) is 16.7 Å². The summed E-state index contributed by atoms with van der Waals surface area (Å²) in [6.07, 6.45) is -6.37. The van der Waals surface area contributed by atoms with Crippen molar-refractivity contribution in [1.29, 1.82) is 0 Å². The van der Waals surface area contributed by atoms with Crippen molar-refractivity contribution in [1.82, 2.24) is 0 Å². The molecule has 1 aromatic carbocycles. The van der Waals surface area contributed by atoms with E-state index in [-0.39, 0.29) is 16.3 Å². The number of carbonyl (C=O) groups is 1. The number of aryl methyl sites for hydroxylation is 1. The molecule has 108 valence electrons. The molecule has 1 aliphatic heterocycles. The molecule has 7 heteroatoms. The SMILES string of the molecule is Cc1cc(Cl)c2c(c1C)C=C(C(=O)O)C(C(F)(F)F)O2. The number of aliphatic carboxylic acids is 1. The van der Waals surface area contributed by atoms with Gasteiger partial charge in [0.15, 0.2) is 0 Å². The molecule has 1 aromatic rings. The summed E-state index contributed by atoms with van der Waals surface area (Å²) in [5.41, 5.74) is 0.787. The lowest BCUT2D eigenvalue weighted by atomic mass is 9.95. The number of ether oxygens (including phenoxy) is 1. The normalized spacial score (nSPS) is 18.1. The third-order valence-electron chi connectivity index (χ3n) is 3.16. The van der Waals surface area contributed by atoms with Crippen molar-refractivity contribution in [2.45, 2.75) is 26.1 Å². The van der Waals surface area contributed by atoms with Gasteiger partial charge in [0.05, 0.1) is 10.6 Å². The van der Waals surface area contributed by atoms with Crippen LogP contribution in [0, 0.1) is 13.8 Å². The Hall–Kier alpha value is -1.69. The highest BCUT2D eigenvalue weighted by molar-refractivity contribution is 6.32. The molecule has 0 aliphatic carbocycles. The number of benzene rings is 1. The molecule has 0 saturated carbocycles. The van der Waals surface area contributed by atoms with Gasteiger partial charge in [0.2, 0.25) is 6.10 Å². The van der Waals surface area contributed by atoms with Gasteiger partial charge < -0.3 is 9.84 Å². The molecule has 1 atom stereocenters. The van der Waals surface area contributed by atoms with Gasteiger partial charge in [-0.2, -0.15) is 13.2 Å². The van der Waals surface area contributed by atoms with Crippen LogP contribution in [0.3, 0.4) is 0 Å². The molecular weight excluding hydrogens is 297 g/mol. The number of hydrogen-bond donors (Lipinski definition) is 1. The van der Waals surface area contributed by atoms with E-state index in [0.717, 1.165) is 11.6 Å². The quantitative estimate of drug-likeness (QED) is 0.859. The van der Waals surface area contributed by atoms with Gasteiger partial charge in [-0.3, -0.25) is 0 Å². The van der Waals surface area contributed by atoms with E-state index in [1.165, 1.54) is 6.07 Å². The summed E-state index contributed by atoms with van der Waals surface area (Å²) in [6, 6.07) is 1.49. The minimum absolute atomic E-state index is 0.0260. The highest BCUT2D eigenvalue weighted by Gasteiger charge is 2.49. The Morgan fingerprint density at radius 1 is 1.40 bits per heavy atom. The zero-order valence-electron chi connectivity index (χ0n) is 10.5. The van der Waals surface area contributed by atoms with Gasteiger partial charge in [0.25, 0.3) is 0 Å². The standard InChI is InChI=1S/C13H10ClF3O3/c1-5-3-9(14)10-7(6(5)2)4-8(12(18)19)11(20-10)13(15,16)17/h3-4,11H,1-2H3,(H,18,19). The first kappa shape index (κ1) is 14.7. The third-order valence-corrected chi connectivity index (χ3v) is 3.44. The Kier molecular flexibility index (Phi) is 3.46. The van der Waals surface area contributed by atoms with E-state index >= 15 is 0 Å². The summed E-state index contributed by atoms with van der Waals surface area (Å²) in [6.45, 7) is 3.39. The Balaban J connectivity index is 2.69. The second-order valence-electron chi connectivity index (χ2n) is 4.49. The molecule has 1 aliphatic rings. The molecule has 1 heterocycles. The zero-order chi connectivity index (χ0) is 15.2. The fourth-order valence-corrected chi connectivity index (χ4v) is 2.31. The van der Waals surface area contributed by atoms with E-state index in [1.807, 2.05) is 0 Å². The minimum atomic E-state index is -4.83. The number of carboxylic acids is 1. The lowest BCUT2D eigenvalue weighted by Crippen LogP contribution is -2.40. The van der Waals surface area contributed by atoms with Crippen molar-refractivity contribution in [2.24, 2.45) is 0 Å². The summed E-state index contributed by atoms with van der Waals surface area (Å²) in [5.74, 6) is -1.81. The molecule has 20 heavy (non-hydrogen) atoms. The fourth-order valence-electron chi connectivity index (χ4n) is 2.00. The molecule has 0 spiro atoms. The molecule has 1 N–H and O–H groups in total. The maximum absolute atomic E-state index is 12.9. The number of rotatable bonds is 1. The molecule has 1 unspecified atom stereocenters. The number of hydrogen-bond acceptors (Lipinski definition) is 2. The largest absolute Gasteiger partial charge is 0.478 e. The van der Waals surface area contributed by atoms with Crippen LogP contribution in [-0.2, 0) is 4.79 Å². The van der Waals surface area contributed by atoms with Gasteiger partial charge >= 0.3 is 12.1 Å². The predicted molar refractivity (Wildman–Crippen MR) is 67.0 cm³/mol. The van der Waals surface area contributed by atoms with Gasteiger partial charge in [0, 0.05) is 5.56 Å². The van der Waals surface area contributed by atoms with E-state index in [2.05, 4.69) is 0 Å². The average Bonchev–Trinajstić information content (AvgIpc) is 2.33. The maximum Gasteiger partial charge on any atom is 0.430 e. The first-order chi connectivity index (χ1) is 9.12. The fraction of sp³-hybridized carbons (Fsp3) is 0.308. The zero-order valence-corrected chi connectivity index (χ0v) is 11.3. The van der Waals surface area contributed by atoms with Crippen molar-refractivity contribution in [3.8, 4) is 5.75 Å². The topological polar surface area (TPSA) is 46.5 Å². The monoisotopic (exact) mass is 306 g/mol. The lowest BCUT2D eigenvalue weighted by molar-refractivity contribution is -0.187. The second-order valence-corrected chi connectivity index (χ2v) is 4.89. The Labute approximate surface area is 117 Å².